The molecule has 1 N–H and O–H groups in total. The van der Waals surface area contributed by atoms with E-state index in [1.807, 2.05) is 19.9 Å². The summed E-state index contributed by atoms with van der Waals surface area (Å²) in [5.74, 6) is 0.854. The van der Waals surface area contributed by atoms with Crippen molar-refractivity contribution in [3.05, 3.63) is 88.0 Å². The fraction of sp³-hybridized carbons (Fsp3) is 0.214. The number of carbonyl (C=O) groups excluding carboxylic acids is 1. The van der Waals surface area contributed by atoms with Gasteiger partial charge in [-0.05, 0) is 68.3 Å². The van der Waals surface area contributed by atoms with Crippen molar-refractivity contribution in [2.75, 3.05) is 18.5 Å². The van der Waals surface area contributed by atoms with Gasteiger partial charge in [-0.1, -0.05) is 19.1 Å². The van der Waals surface area contributed by atoms with Crippen LogP contribution in [0.2, 0.25) is 0 Å². The normalized spacial score (nSPS) is 10.8. The van der Waals surface area contributed by atoms with E-state index >= 15 is 0 Å². The minimum Gasteiger partial charge on any atom is -0.492 e. The molecule has 1 heterocycles. The number of amides is 1. The molecular weight excluding hydrogens is 465 g/mol. The van der Waals surface area contributed by atoms with E-state index in [0.717, 1.165) is 5.56 Å². The number of hydrogen-bond donors (Lipinski definition) is 1. The smallest absolute Gasteiger partial charge is 0.262 e. The Hall–Kier alpha value is -4.33. The largest absolute Gasteiger partial charge is 0.492 e. The van der Waals surface area contributed by atoms with E-state index in [1.165, 1.54) is 24.3 Å². The summed E-state index contributed by atoms with van der Waals surface area (Å²) in [7, 11) is 0. The lowest BCUT2D eigenvalue weighted by Gasteiger charge is -2.14. The molecule has 0 radical (unpaired) electrons. The number of nitrogens with one attached hydrogen (secondary N) is 1. The molecule has 4 rings (SSSR count). The van der Waals surface area contributed by atoms with E-state index in [-0.39, 0.29) is 29.5 Å². The zero-order valence-corrected chi connectivity index (χ0v) is 20.2. The quantitative estimate of drug-likeness (QED) is 0.309. The van der Waals surface area contributed by atoms with Crippen molar-refractivity contribution in [2.24, 2.45) is 0 Å². The average Bonchev–Trinajstić information content (AvgIpc) is 2.87. The van der Waals surface area contributed by atoms with Gasteiger partial charge >= 0.3 is 0 Å². The predicted molar refractivity (Wildman–Crippen MR) is 135 cm³/mol. The summed E-state index contributed by atoms with van der Waals surface area (Å²) in [5, 5.41) is 3.11. The molecule has 0 aliphatic heterocycles. The van der Waals surface area contributed by atoms with Crippen LogP contribution in [-0.2, 0) is 11.2 Å². The Balaban J connectivity index is 1.56. The summed E-state index contributed by atoms with van der Waals surface area (Å²) in [4.78, 5) is 25.7. The van der Waals surface area contributed by atoms with Crippen molar-refractivity contribution < 1.29 is 27.8 Å². The summed E-state index contributed by atoms with van der Waals surface area (Å²) in [5.41, 5.74) is 1.23. The Labute approximate surface area is 207 Å². The molecule has 36 heavy (non-hydrogen) atoms. The van der Waals surface area contributed by atoms with Crippen LogP contribution in [0.1, 0.15) is 25.2 Å². The predicted octanol–water partition coefficient (Wildman–Crippen LogP) is 6.01. The second-order valence-electron chi connectivity index (χ2n) is 7.95. The lowest BCUT2D eigenvalue weighted by atomic mass is 10.1. The van der Waals surface area contributed by atoms with Gasteiger partial charge in [0.15, 0.2) is 6.61 Å². The van der Waals surface area contributed by atoms with E-state index in [9.17, 15) is 14.0 Å². The highest BCUT2D eigenvalue weighted by atomic mass is 19.1. The van der Waals surface area contributed by atoms with Gasteiger partial charge in [-0.15, -0.1) is 0 Å². The second kappa shape index (κ2) is 10.9. The van der Waals surface area contributed by atoms with Crippen LogP contribution < -0.4 is 25.0 Å². The molecular formula is C28H26FNO6. The minimum absolute atomic E-state index is 0.0252. The third kappa shape index (κ3) is 5.49. The van der Waals surface area contributed by atoms with Crippen LogP contribution >= 0.6 is 0 Å². The van der Waals surface area contributed by atoms with Crippen LogP contribution in [0.4, 0.5) is 10.1 Å². The van der Waals surface area contributed by atoms with Gasteiger partial charge in [0.2, 0.25) is 11.2 Å². The summed E-state index contributed by atoms with van der Waals surface area (Å²) in [6.07, 6.45) is 0.557. The molecule has 0 fully saturated rings. The molecule has 0 saturated heterocycles. The van der Waals surface area contributed by atoms with Crippen molar-refractivity contribution in [1.29, 1.82) is 0 Å². The molecule has 4 aromatic rings. The average molecular weight is 492 g/mol. The zero-order valence-electron chi connectivity index (χ0n) is 20.2. The molecule has 0 bridgehead atoms. The standard InChI is InChI=1S/C28H26FNO6/c1-4-18-14-21-25(35-17(3)28(27(21)32)36-20-12-10-19(29)11-13-20)15-24(18)34-16-26(31)30-22-8-6-7-9-23(22)33-5-2/h6-15H,4-5,16H2,1-3H3,(H,30,31). The van der Waals surface area contributed by atoms with Crippen LogP contribution in [0.3, 0.4) is 0 Å². The van der Waals surface area contributed by atoms with Gasteiger partial charge in [0.1, 0.15) is 34.4 Å². The molecule has 0 saturated carbocycles. The fourth-order valence-electron chi connectivity index (χ4n) is 3.69. The molecule has 0 unspecified atom stereocenters. The molecule has 7 nitrogen and oxygen atoms in total. The van der Waals surface area contributed by atoms with Gasteiger partial charge in [0.25, 0.3) is 5.91 Å². The van der Waals surface area contributed by atoms with Crippen molar-refractivity contribution in [3.8, 4) is 23.0 Å². The number of anilines is 1. The van der Waals surface area contributed by atoms with Crippen LogP contribution in [0.15, 0.2) is 69.9 Å². The highest BCUT2D eigenvalue weighted by molar-refractivity contribution is 5.93. The molecule has 1 amide bonds. The SMILES string of the molecule is CCOc1ccccc1NC(=O)COc1cc2oc(C)c(Oc3ccc(F)cc3)c(=O)c2cc1CC. The second-order valence-corrected chi connectivity index (χ2v) is 7.95. The first-order valence-corrected chi connectivity index (χ1v) is 11.6. The number of para-hydroxylation sites is 2. The monoisotopic (exact) mass is 491 g/mol. The third-order valence-electron chi connectivity index (χ3n) is 5.43. The Morgan fingerprint density at radius 2 is 1.75 bits per heavy atom. The highest BCUT2D eigenvalue weighted by Gasteiger charge is 2.17. The van der Waals surface area contributed by atoms with Crippen molar-refractivity contribution in [3.63, 3.8) is 0 Å². The summed E-state index contributed by atoms with van der Waals surface area (Å²) in [6, 6.07) is 15.8. The maximum absolute atomic E-state index is 13.2. The number of fused-ring (bicyclic) bond motifs is 1. The van der Waals surface area contributed by atoms with E-state index in [2.05, 4.69) is 5.32 Å². The summed E-state index contributed by atoms with van der Waals surface area (Å²) >= 11 is 0. The lowest BCUT2D eigenvalue weighted by Crippen LogP contribution is -2.21. The van der Waals surface area contributed by atoms with Crippen LogP contribution in [-0.4, -0.2) is 19.1 Å². The number of benzene rings is 3. The molecule has 1 aromatic heterocycles. The minimum atomic E-state index is -0.406. The van der Waals surface area contributed by atoms with Crippen molar-refractivity contribution in [1.82, 2.24) is 0 Å². The molecule has 0 atom stereocenters. The molecule has 0 spiro atoms. The molecule has 0 aliphatic carbocycles. The number of halogens is 1. The molecule has 186 valence electrons. The zero-order chi connectivity index (χ0) is 25.7. The molecule has 8 heteroatoms. The van der Waals surface area contributed by atoms with Gasteiger partial charge in [-0.3, -0.25) is 9.59 Å². The van der Waals surface area contributed by atoms with Crippen LogP contribution in [0.25, 0.3) is 11.0 Å². The highest BCUT2D eigenvalue weighted by Crippen LogP contribution is 2.30. The Kier molecular flexibility index (Phi) is 7.53. The Morgan fingerprint density at radius 1 is 1.00 bits per heavy atom. The Morgan fingerprint density at radius 3 is 2.47 bits per heavy atom. The first kappa shape index (κ1) is 24.8. The third-order valence-corrected chi connectivity index (χ3v) is 5.43. The van der Waals surface area contributed by atoms with Crippen molar-refractivity contribution in [2.45, 2.75) is 27.2 Å². The van der Waals surface area contributed by atoms with E-state index in [0.29, 0.717) is 46.9 Å². The van der Waals surface area contributed by atoms with Gasteiger partial charge < -0.3 is 23.9 Å². The maximum Gasteiger partial charge on any atom is 0.262 e. The fourth-order valence-corrected chi connectivity index (χ4v) is 3.69. The van der Waals surface area contributed by atoms with Gasteiger partial charge in [-0.25, -0.2) is 4.39 Å². The number of ether oxygens (including phenoxy) is 3. The molecule has 3 aromatic carbocycles. The number of aryl methyl sites for hydroxylation is 2. The first-order valence-electron chi connectivity index (χ1n) is 11.6. The lowest BCUT2D eigenvalue weighted by molar-refractivity contribution is -0.118. The maximum atomic E-state index is 13.2. The van der Waals surface area contributed by atoms with E-state index < -0.39 is 5.82 Å². The van der Waals surface area contributed by atoms with Gasteiger partial charge in [-0.2, -0.15) is 0 Å². The van der Waals surface area contributed by atoms with Crippen LogP contribution in [0.5, 0.6) is 23.0 Å². The molecule has 0 aliphatic rings. The number of hydrogen-bond acceptors (Lipinski definition) is 6. The van der Waals surface area contributed by atoms with E-state index in [1.54, 1.807) is 37.3 Å². The van der Waals surface area contributed by atoms with E-state index in [4.69, 9.17) is 18.6 Å². The van der Waals surface area contributed by atoms with Gasteiger partial charge in [0, 0.05) is 6.07 Å². The topological polar surface area (TPSA) is 87.0 Å². The Bertz CT molecular complexity index is 1450. The number of carbonyl (C=O) groups is 1. The first-order chi connectivity index (χ1) is 17.4. The number of rotatable bonds is 9. The summed E-state index contributed by atoms with van der Waals surface area (Å²) in [6.45, 7) is 5.62. The van der Waals surface area contributed by atoms with Gasteiger partial charge in [0.05, 0.1) is 17.7 Å². The van der Waals surface area contributed by atoms with Crippen LogP contribution in [0, 0.1) is 12.7 Å². The summed E-state index contributed by atoms with van der Waals surface area (Å²) < 4.78 is 36.1. The van der Waals surface area contributed by atoms with Crippen molar-refractivity contribution >= 4 is 22.6 Å².